The lowest BCUT2D eigenvalue weighted by molar-refractivity contribution is 0.0603. The molecule has 0 N–H and O–H groups in total. The lowest BCUT2D eigenvalue weighted by Gasteiger charge is -2.02. The van der Waals surface area contributed by atoms with Crippen molar-refractivity contribution in [1.29, 1.82) is 5.26 Å². The van der Waals surface area contributed by atoms with Gasteiger partial charge in [0.25, 0.3) is 0 Å². The van der Waals surface area contributed by atoms with Gasteiger partial charge in [-0.05, 0) is 12.1 Å². The van der Waals surface area contributed by atoms with Gasteiger partial charge < -0.3 is 4.84 Å². The largest absolute Gasteiger partial charge is 0.405 e. The van der Waals surface area contributed by atoms with Crippen LogP contribution in [0.3, 0.4) is 0 Å². The number of benzene rings is 1. The first-order valence-electron chi connectivity index (χ1n) is 3.79. The summed E-state index contributed by atoms with van der Waals surface area (Å²) in [5, 5.41) is 10.1. The Morgan fingerprint density at radius 1 is 1.42 bits per heavy atom. The maximum Gasteiger partial charge on any atom is 0.148 e. The summed E-state index contributed by atoms with van der Waals surface area (Å²) in [6.45, 7) is 0.714. The molecule has 2 rings (SSSR count). The van der Waals surface area contributed by atoms with E-state index in [1.165, 1.54) is 0 Å². The van der Waals surface area contributed by atoms with Crippen LogP contribution in [0.5, 0.6) is 5.75 Å². The maximum absolute atomic E-state index is 8.48. The molecule has 1 aromatic rings. The zero-order valence-electron chi connectivity index (χ0n) is 6.47. The number of hydrogen-bond donors (Lipinski definition) is 0. The van der Waals surface area contributed by atoms with E-state index >= 15 is 0 Å². The molecule has 0 amide bonds. The van der Waals surface area contributed by atoms with Crippen molar-refractivity contribution in [2.45, 2.75) is 6.04 Å². The highest BCUT2D eigenvalue weighted by molar-refractivity contribution is 5.21. The molecular formula is C9H8N2O. The van der Waals surface area contributed by atoms with E-state index in [9.17, 15) is 0 Å². The van der Waals surface area contributed by atoms with Gasteiger partial charge in [0.2, 0.25) is 0 Å². The number of nitrogens with zero attached hydrogens (tertiary/aromatic N) is 2. The molecule has 3 nitrogen and oxygen atoms in total. The van der Waals surface area contributed by atoms with Gasteiger partial charge in [0, 0.05) is 0 Å². The molecular weight excluding hydrogens is 152 g/mol. The SMILES string of the molecule is N#CC1CN1Oc1ccccc1. The van der Waals surface area contributed by atoms with Crippen molar-refractivity contribution in [2.75, 3.05) is 6.54 Å². The first-order valence-corrected chi connectivity index (χ1v) is 3.79. The lowest BCUT2D eigenvalue weighted by atomic mass is 10.3. The second-order valence-electron chi connectivity index (χ2n) is 2.65. The van der Waals surface area contributed by atoms with Gasteiger partial charge in [-0.3, -0.25) is 0 Å². The van der Waals surface area contributed by atoms with Crippen LogP contribution in [-0.2, 0) is 0 Å². The maximum atomic E-state index is 8.48. The van der Waals surface area contributed by atoms with Gasteiger partial charge in [-0.1, -0.05) is 18.2 Å². The smallest absolute Gasteiger partial charge is 0.148 e. The zero-order valence-corrected chi connectivity index (χ0v) is 6.47. The monoisotopic (exact) mass is 160 g/mol. The van der Waals surface area contributed by atoms with Crippen LogP contribution in [0.4, 0.5) is 0 Å². The molecule has 1 heterocycles. The standard InChI is InChI=1S/C9H8N2O/c10-6-8-7-11(8)12-9-4-2-1-3-5-9/h1-5,8H,7H2. The van der Waals surface area contributed by atoms with E-state index in [0.29, 0.717) is 6.54 Å². The summed E-state index contributed by atoms with van der Waals surface area (Å²) in [7, 11) is 0. The molecule has 0 spiro atoms. The number of hydrogen-bond acceptors (Lipinski definition) is 3. The summed E-state index contributed by atoms with van der Waals surface area (Å²) in [6, 6.07) is 11.5. The van der Waals surface area contributed by atoms with Crippen molar-refractivity contribution >= 4 is 0 Å². The number of rotatable bonds is 2. The second-order valence-corrected chi connectivity index (χ2v) is 2.65. The third kappa shape index (κ3) is 1.39. The average molecular weight is 160 g/mol. The van der Waals surface area contributed by atoms with Gasteiger partial charge in [0.05, 0.1) is 12.6 Å². The molecule has 0 radical (unpaired) electrons. The quantitative estimate of drug-likeness (QED) is 0.609. The average Bonchev–Trinajstić information content (AvgIpc) is 2.85. The van der Waals surface area contributed by atoms with Crippen molar-refractivity contribution in [3.05, 3.63) is 30.3 Å². The van der Waals surface area contributed by atoms with Gasteiger partial charge in [-0.15, -0.1) is 5.06 Å². The Hall–Kier alpha value is -1.53. The molecule has 2 atom stereocenters. The topological polar surface area (TPSA) is 36.0 Å². The molecule has 60 valence electrons. The summed E-state index contributed by atoms with van der Waals surface area (Å²) in [6.07, 6.45) is 0. The fourth-order valence-electron chi connectivity index (χ4n) is 0.946. The third-order valence-electron chi connectivity index (χ3n) is 1.68. The van der Waals surface area contributed by atoms with Crippen LogP contribution in [0, 0.1) is 11.3 Å². The summed E-state index contributed by atoms with van der Waals surface area (Å²) in [5.41, 5.74) is 0. The minimum absolute atomic E-state index is 0.0507. The number of hydroxylamine groups is 2. The van der Waals surface area contributed by atoms with Crippen LogP contribution in [0.1, 0.15) is 0 Å². The molecule has 12 heavy (non-hydrogen) atoms. The van der Waals surface area contributed by atoms with E-state index in [1.54, 1.807) is 5.06 Å². The molecule has 1 saturated heterocycles. The molecule has 2 unspecified atom stereocenters. The fourth-order valence-corrected chi connectivity index (χ4v) is 0.946. The van der Waals surface area contributed by atoms with E-state index < -0.39 is 0 Å². The highest BCUT2D eigenvalue weighted by Gasteiger charge is 2.36. The van der Waals surface area contributed by atoms with E-state index in [-0.39, 0.29) is 6.04 Å². The van der Waals surface area contributed by atoms with Crippen LogP contribution in [0.2, 0.25) is 0 Å². The second kappa shape index (κ2) is 2.84. The van der Waals surface area contributed by atoms with Crippen molar-refractivity contribution in [1.82, 2.24) is 5.06 Å². The van der Waals surface area contributed by atoms with Crippen LogP contribution < -0.4 is 4.84 Å². The van der Waals surface area contributed by atoms with Crippen molar-refractivity contribution in [2.24, 2.45) is 0 Å². The van der Waals surface area contributed by atoms with Gasteiger partial charge in [-0.2, -0.15) is 5.26 Å². The van der Waals surface area contributed by atoms with Gasteiger partial charge in [0.1, 0.15) is 11.8 Å². The minimum Gasteiger partial charge on any atom is -0.405 e. The van der Waals surface area contributed by atoms with Gasteiger partial charge in [-0.25, -0.2) is 0 Å². The predicted octanol–water partition coefficient (Wildman–Crippen LogP) is 1.19. The normalized spacial score (nSPS) is 25.9. The Morgan fingerprint density at radius 2 is 2.17 bits per heavy atom. The molecule has 1 aliphatic heterocycles. The fraction of sp³-hybridized carbons (Fsp3) is 0.222. The molecule has 0 saturated carbocycles. The Kier molecular flexibility index (Phi) is 1.69. The molecule has 1 aromatic carbocycles. The minimum atomic E-state index is -0.0507. The molecule has 3 heteroatoms. The van der Waals surface area contributed by atoms with Crippen LogP contribution in [0.25, 0.3) is 0 Å². The molecule has 1 aliphatic rings. The summed E-state index contributed by atoms with van der Waals surface area (Å²) < 4.78 is 0. The molecule has 1 fully saturated rings. The third-order valence-corrected chi connectivity index (χ3v) is 1.68. The first-order chi connectivity index (χ1) is 5.90. The van der Waals surface area contributed by atoms with Crippen LogP contribution in [-0.4, -0.2) is 17.6 Å². The highest BCUT2D eigenvalue weighted by Crippen LogP contribution is 2.20. The molecule has 0 bridgehead atoms. The summed E-state index contributed by atoms with van der Waals surface area (Å²) in [5.74, 6) is 0.787. The van der Waals surface area contributed by atoms with Gasteiger partial charge in [0.15, 0.2) is 0 Å². The lowest BCUT2D eigenvalue weighted by Crippen LogP contribution is -2.05. The molecule has 0 aliphatic carbocycles. The van der Waals surface area contributed by atoms with Crippen molar-refractivity contribution in [3.63, 3.8) is 0 Å². The Labute approximate surface area is 70.7 Å². The molecule has 0 aromatic heterocycles. The first kappa shape index (κ1) is 7.14. The van der Waals surface area contributed by atoms with E-state index in [1.807, 2.05) is 30.3 Å². The van der Waals surface area contributed by atoms with Crippen LogP contribution >= 0.6 is 0 Å². The Morgan fingerprint density at radius 3 is 2.75 bits per heavy atom. The highest BCUT2D eigenvalue weighted by atomic mass is 16.7. The van der Waals surface area contributed by atoms with Crippen molar-refractivity contribution in [3.8, 4) is 11.8 Å². The van der Waals surface area contributed by atoms with Gasteiger partial charge >= 0.3 is 0 Å². The van der Waals surface area contributed by atoms with Crippen LogP contribution in [0.15, 0.2) is 30.3 Å². The summed E-state index contributed by atoms with van der Waals surface area (Å²) in [4.78, 5) is 5.34. The number of nitriles is 1. The Balaban J connectivity index is 1.95. The van der Waals surface area contributed by atoms with Crippen molar-refractivity contribution < 1.29 is 4.84 Å². The zero-order chi connectivity index (χ0) is 8.39. The van der Waals surface area contributed by atoms with E-state index in [4.69, 9.17) is 10.1 Å². The summed E-state index contributed by atoms with van der Waals surface area (Å²) >= 11 is 0. The van der Waals surface area contributed by atoms with E-state index in [0.717, 1.165) is 5.75 Å². The Bertz CT molecular complexity index is 304. The van der Waals surface area contributed by atoms with E-state index in [2.05, 4.69) is 6.07 Å². The predicted molar refractivity (Wildman–Crippen MR) is 43.2 cm³/mol. The number of para-hydroxylation sites is 1.